The highest BCUT2D eigenvalue weighted by molar-refractivity contribution is 5.76. The maximum absolute atomic E-state index is 12.0. The highest BCUT2D eigenvalue weighted by Gasteiger charge is 2.24. The van der Waals surface area contributed by atoms with Crippen LogP contribution in [0.1, 0.15) is 55.7 Å². The molecule has 1 atom stereocenters. The number of carbonyl (C=O) groups is 1. The third kappa shape index (κ3) is 2.68. The molecule has 3 rings (SSSR count). The van der Waals surface area contributed by atoms with Crippen molar-refractivity contribution in [2.45, 2.75) is 51.6 Å². The Bertz CT molecular complexity index is 497. The van der Waals surface area contributed by atoms with E-state index in [9.17, 15) is 4.79 Å². The molecule has 1 fully saturated rings. The largest absolute Gasteiger partial charge is 0.338 e. The van der Waals surface area contributed by atoms with Gasteiger partial charge in [0.05, 0.1) is 11.7 Å². The molecule has 1 amide bonds. The fourth-order valence-electron chi connectivity index (χ4n) is 2.99. The van der Waals surface area contributed by atoms with Gasteiger partial charge < -0.3 is 10.2 Å². The van der Waals surface area contributed by atoms with Crippen molar-refractivity contribution in [3.05, 3.63) is 23.3 Å². The molecule has 0 radical (unpaired) electrons. The van der Waals surface area contributed by atoms with Crippen molar-refractivity contribution < 1.29 is 4.79 Å². The van der Waals surface area contributed by atoms with E-state index in [4.69, 9.17) is 4.98 Å². The third-order valence-corrected chi connectivity index (χ3v) is 4.14. The maximum atomic E-state index is 12.0. The zero-order chi connectivity index (χ0) is 13.9. The molecule has 1 saturated heterocycles. The van der Waals surface area contributed by atoms with Crippen molar-refractivity contribution in [1.29, 1.82) is 0 Å². The highest BCUT2D eigenvalue weighted by atomic mass is 16.2. The first kappa shape index (κ1) is 13.5. The van der Waals surface area contributed by atoms with Crippen LogP contribution in [0.2, 0.25) is 0 Å². The summed E-state index contributed by atoms with van der Waals surface area (Å²) in [6.07, 6.45) is 6.64. The summed E-state index contributed by atoms with van der Waals surface area (Å²) in [6, 6.07) is 0.319. The summed E-state index contributed by atoms with van der Waals surface area (Å²) in [4.78, 5) is 23.1. The van der Waals surface area contributed by atoms with E-state index in [0.717, 1.165) is 49.4 Å². The van der Waals surface area contributed by atoms with E-state index in [1.165, 1.54) is 6.42 Å². The Morgan fingerprint density at radius 1 is 1.55 bits per heavy atom. The molecule has 0 aromatic carbocycles. The second-order valence-corrected chi connectivity index (χ2v) is 5.66. The van der Waals surface area contributed by atoms with Crippen molar-refractivity contribution in [1.82, 2.24) is 20.2 Å². The summed E-state index contributed by atoms with van der Waals surface area (Å²) >= 11 is 0. The van der Waals surface area contributed by atoms with E-state index in [2.05, 4.69) is 10.3 Å². The third-order valence-electron chi connectivity index (χ3n) is 4.14. The molecule has 1 N–H and O–H groups in total. The fourth-order valence-corrected chi connectivity index (χ4v) is 2.99. The number of aromatic nitrogens is 2. The number of hydrogen-bond acceptors (Lipinski definition) is 4. The average molecular weight is 274 g/mol. The average Bonchev–Trinajstić information content (AvgIpc) is 3.00. The Kier molecular flexibility index (Phi) is 3.96. The molecule has 1 aromatic rings. The van der Waals surface area contributed by atoms with E-state index < -0.39 is 0 Å². The minimum absolute atomic E-state index is 0.250. The van der Waals surface area contributed by atoms with Crippen LogP contribution in [0.5, 0.6) is 0 Å². The number of rotatable bonds is 3. The fraction of sp³-hybridized carbons (Fsp3) is 0.667. The summed E-state index contributed by atoms with van der Waals surface area (Å²) in [5, 5.41) is 3.43. The second kappa shape index (κ2) is 5.87. The predicted molar refractivity (Wildman–Crippen MR) is 76.0 cm³/mol. The van der Waals surface area contributed by atoms with Gasteiger partial charge in [-0.25, -0.2) is 9.97 Å². The van der Waals surface area contributed by atoms with Crippen LogP contribution in [0.25, 0.3) is 0 Å². The highest BCUT2D eigenvalue weighted by Crippen LogP contribution is 2.23. The minimum Gasteiger partial charge on any atom is -0.338 e. The molecule has 108 valence electrons. The molecule has 2 aliphatic rings. The lowest BCUT2D eigenvalue weighted by Crippen LogP contribution is -2.36. The Hall–Kier alpha value is -1.49. The topological polar surface area (TPSA) is 58.1 Å². The van der Waals surface area contributed by atoms with E-state index in [-0.39, 0.29) is 5.91 Å². The van der Waals surface area contributed by atoms with Gasteiger partial charge in [0.25, 0.3) is 0 Å². The molecule has 5 heteroatoms. The normalized spacial score (nSPS) is 21.9. The summed E-state index contributed by atoms with van der Waals surface area (Å²) in [5.74, 6) is 1.18. The smallest absolute Gasteiger partial charge is 0.222 e. The molecule has 2 aliphatic heterocycles. The molecule has 0 spiro atoms. The predicted octanol–water partition coefficient (Wildman–Crippen LogP) is 1.59. The van der Waals surface area contributed by atoms with Gasteiger partial charge in [0.2, 0.25) is 5.91 Å². The van der Waals surface area contributed by atoms with Crippen molar-refractivity contribution in [3.63, 3.8) is 0 Å². The standard InChI is InChI=1S/C15H22N4O/c1-2-4-14(20)19-8-6-12-11(10-19)9-17-15(18-12)13-5-3-7-16-13/h9,13,16H,2-8,10H2,1H3. The van der Waals surface area contributed by atoms with Crippen LogP contribution in [-0.4, -0.2) is 33.9 Å². The lowest BCUT2D eigenvalue weighted by molar-refractivity contribution is -0.132. The monoisotopic (exact) mass is 274 g/mol. The van der Waals surface area contributed by atoms with Gasteiger partial charge in [0.1, 0.15) is 5.82 Å². The van der Waals surface area contributed by atoms with Gasteiger partial charge >= 0.3 is 0 Å². The van der Waals surface area contributed by atoms with Crippen LogP contribution < -0.4 is 5.32 Å². The first-order valence-corrected chi connectivity index (χ1v) is 7.63. The van der Waals surface area contributed by atoms with Gasteiger partial charge in [0, 0.05) is 37.7 Å². The van der Waals surface area contributed by atoms with E-state index in [0.29, 0.717) is 19.0 Å². The summed E-state index contributed by atoms with van der Waals surface area (Å²) in [7, 11) is 0. The first-order valence-electron chi connectivity index (χ1n) is 7.63. The van der Waals surface area contributed by atoms with Crippen LogP contribution in [0.15, 0.2) is 6.20 Å². The number of fused-ring (bicyclic) bond motifs is 1. The van der Waals surface area contributed by atoms with Gasteiger partial charge in [-0.05, 0) is 25.8 Å². The molecule has 3 heterocycles. The van der Waals surface area contributed by atoms with Crippen LogP contribution >= 0.6 is 0 Å². The van der Waals surface area contributed by atoms with Gasteiger partial charge in [-0.2, -0.15) is 0 Å². The Balaban J connectivity index is 1.73. The Morgan fingerprint density at radius 2 is 2.45 bits per heavy atom. The van der Waals surface area contributed by atoms with E-state index in [1.807, 2.05) is 18.0 Å². The lowest BCUT2D eigenvalue weighted by atomic mass is 10.1. The number of amides is 1. The second-order valence-electron chi connectivity index (χ2n) is 5.66. The SMILES string of the molecule is CCCC(=O)N1CCc2nc(C3CCCN3)ncc2C1. The summed E-state index contributed by atoms with van der Waals surface area (Å²) in [6.45, 7) is 4.57. The zero-order valence-electron chi connectivity index (χ0n) is 12.1. The molecular weight excluding hydrogens is 252 g/mol. The van der Waals surface area contributed by atoms with Gasteiger partial charge in [-0.3, -0.25) is 4.79 Å². The van der Waals surface area contributed by atoms with E-state index in [1.54, 1.807) is 0 Å². The number of nitrogens with one attached hydrogen (secondary N) is 1. The molecular formula is C15H22N4O. The van der Waals surface area contributed by atoms with Gasteiger partial charge in [-0.1, -0.05) is 6.92 Å². The number of hydrogen-bond donors (Lipinski definition) is 1. The maximum Gasteiger partial charge on any atom is 0.222 e. The molecule has 1 aromatic heterocycles. The van der Waals surface area contributed by atoms with Crippen molar-refractivity contribution in [2.24, 2.45) is 0 Å². The number of carbonyl (C=O) groups excluding carboxylic acids is 1. The molecule has 0 saturated carbocycles. The molecule has 0 aliphatic carbocycles. The van der Waals surface area contributed by atoms with Gasteiger partial charge in [-0.15, -0.1) is 0 Å². The Morgan fingerprint density at radius 3 is 3.20 bits per heavy atom. The van der Waals surface area contributed by atoms with Gasteiger partial charge in [0.15, 0.2) is 0 Å². The summed E-state index contributed by atoms with van der Waals surface area (Å²) < 4.78 is 0. The quantitative estimate of drug-likeness (QED) is 0.909. The zero-order valence-corrected chi connectivity index (χ0v) is 12.1. The minimum atomic E-state index is 0.250. The van der Waals surface area contributed by atoms with Crippen molar-refractivity contribution in [3.8, 4) is 0 Å². The van der Waals surface area contributed by atoms with Crippen LogP contribution in [0.3, 0.4) is 0 Å². The summed E-state index contributed by atoms with van der Waals surface area (Å²) in [5.41, 5.74) is 2.24. The van der Waals surface area contributed by atoms with Crippen LogP contribution in [-0.2, 0) is 17.8 Å². The molecule has 20 heavy (non-hydrogen) atoms. The lowest BCUT2D eigenvalue weighted by Gasteiger charge is -2.28. The molecule has 0 bridgehead atoms. The van der Waals surface area contributed by atoms with Crippen molar-refractivity contribution in [2.75, 3.05) is 13.1 Å². The van der Waals surface area contributed by atoms with E-state index >= 15 is 0 Å². The number of nitrogens with zero attached hydrogens (tertiary/aromatic N) is 3. The van der Waals surface area contributed by atoms with Crippen LogP contribution in [0.4, 0.5) is 0 Å². The molecule has 5 nitrogen and oxygen atoms in total. The Labute approximate surface area is 119 Å². The van der Waals surface area contributed by atoms with Crippen molar-refractivity contribution >= 4 is 5.91 Å². The first-order chi connectivity index (χ1) is 9.78. The van der Waals surface area contributed by atoms with Crippen LogP contribution in [0, 0.1) is 0 Å². The molecule has 1 unspecified atom stereocenters.